The average molecular weight is 327 g/mol. The van der Waals surface area contributed by atoms with Gasteiger partial charge < -0.3 is 11.1 Å². The highest BCUT2D eigenvalue weighted by Gasteiger charge is 1.99. The summed E-state index contributed by atoms with van der Waals surface area (Å²) in [5.74, 6) is 0. The Balaban J connectivity index is 3.02. The first kappa shape index (κ1) is 22.9. The van der Waals surface area contributed by atoms with E-state index < -0.39 is 0 Å². The first-order chi connectivity index (χ1) is 11.3. The van der Waals surface area contributed by atoms with Gasteiger partial charge in [-0.05, 0) is 13.3 Å². The van der Waals surface area contributed by atoms with E-state index in [0.717, 1.165) is 13.1 Å². The SMILES string of the molecule is CCCCCCCCCCCCCCCCCC(C)NCCN. The van der Waals surface area contributed by atoms with Gasteiger partial charge in [-0.1, -0.05) is 103 Å². The zero-order chi connectivity index (χ0) is 17.0. The fourth-order valence-corrected chi connectivity index (χ4v) is 3.25. The minimum atomic E-state index is 0.639. The van der Waals surface area contributed by atoms with Crippen molar-refractivity contribution in [2.45, 2.75) is 123 Å². The predicted octanol–water partition coefficient (Wildman–Crippen LogP) is 6.18. The number of rotatable bonds is 19. The van der Waals surface area contributed by atoms with E-state index >= 15 is 0 Å². The summed E-state index contributed by atoms with van der Waals surface area (Å²) in [5, 5.41) is 3.46. The molecule has 0 aliphatic rings. The lowest BCUT2D eigenvalue weighted by Crippen LogP contribution is -2.30. The third kappa shape index (κ3) is 19.9. The molecule has 0 amide bonds. The van der Waals surface area contributed by atoms with Crippen LogP contribution in [0.2, 0.25) is 0 Å². The van der Waals surface area contributed by atoms with Gasteiger partial charge in [0.15, 0.2) is 0 Å². The van der Waals surface area contributed by atoms with E-state index in [0.29, 0.717) is 6.04 Å². The lowest BCUT2D eigenvalue weighted by Gasteiger charge is -2.12. The van der Waals surface area contributed by atoms with Crippen LogP contribution in [0.1, 0.15) is 117 Å². The zero-order valence-corrected chi connectivity index (χ0v) is 16.4. The Bertz CT molecular complexity index is 206. The van der Waals surface area contributed by atoms with Crippen molar-refractivity contribution in [3.8, 4) is 0 Å². The Kier molecular flexibility index (Phi) is 19.9. The van der Waals surface area contributed by atoms with E-state index in [4.69, 9.17) is 5.73 Å². The van der Waals surface area contributed by atoms with E-state index in [1.807, 2.05) is 0 Å². The minimum absolute atomic E-state index is 0.639. The monoisotopic (exact) mass is 326 g/mol. The van der Waals surface area contributed by atoms with Gasteiger partial charge in [0.1, 0.15) is 0 Å². The molecule has 140 valence electrons. The summed E-state index contributed by atoms with van der Waals surface area (Å²) < 4.78 is 0. The Morgan fingerprint density at radius 3 is 1.43 bits per heavy atom. The summed E-state index contributed by atoms with van der Waals surface area (Å²) in [6.45, 7) is 6.28. The molecule has 0 rings (SSSR count). The standard InChI is InChI=1S/C21H46N2/c1-3-4-5-6-7-8-9-10-11-12-13-14-15-16-17-18-21(2)23-20-19-22/h21,23H,3-20,22H2,1-2H3. The summed E-state index contributed by atoms with van der Waals surface area (Å²) in [5.41, 5.74) is 5.50. The first-order valence-corrected chi connectivity index (χ1v) is 10.7. The van der Waals surface area contributed by atoms with Crippen molar-refractivity contribution in [1.29, 1.82) is 0 Å². The van der Waals surface area contributed by atoms with Gasteiger partial charge in [0.25, 0.3) is 0 Å². The molecule has 0 aromatic carbocycles. The van der Waals surface area contributed by atoms with Gasteiger partial charge in [0.05, 0.1) is 0 Å². The van der Waals surface area contributed by atoms with E-state index in [-0.39, 0.29) is 0 Å². The number of nitrogens with two attached hydrogens (primary N) is 1. The van der Waals surface area contributed by atoms with Crippen molar-refractivity contribution in [3.63, 3.8) is 0 Å². The van der Waals surface area contributed by atoms with E-state index in [1.54, 1.807) is 0 Å². The Morgan fingerprint density at radius 1 is 0.652 bits per heavy atom. The Hall–Kier alpha value is -0.0800. The van der Waals surface area contributed by atoms with Gasteiger partial charge in [-0.25, -0.2) is 0 Å². The molecule has 0 aromatic heterocycles. The molecule has 23 heavy (non-hydrogen) atoms. The van der Waals surface area contributed by atoms with Crippen LogP contribution in [0.4, 0.5) is 0 Å². The van der Waals surface area contributed by atoms with Crippen molar-refractivity contribution in [1.82, 2.24) is 5.32 Å². The second kappa shape index (κ2) is 20.0. The van der Waals surface area contributed by atoms with E-state index in [9.17, 15) is 0 Å². The summed E-state index contributed by atoms with van der Waals surface area (Å²) >= 11 is 0. The summed E-state index contributed by atoms with van der Waals surface area (Å²) in [6, 6.07) is 0.639. The molecule has 0 aromatic rings. The van der Waals surface area contributed by atoms with E-state index in [2.05, 4.69) is 19.2 Å². The molecule has 1 unspecified atom stereocenters. The summed E-state index contributed by atoms with van der Waals surface area (Å²) in [4.78, 5) is 0. The molecular weight excluding hydrogens is 280 g/mol. The molecule has 0 aliphatic carbocycles. The van der Waals surface area contributed by atoms with Gasteiger partial charge in [0.2, 0.25) is 0 Å². The molecule has 2 heteroatoms. The highest BCUT2D eigenvalue weighted by Crippen LogP contribution is 2.13. The fourth-order valence-electron chi connectivity index (χ4n) is 3.25. The first-order valence-electron chi connectivity index (χ1n) is 10.7. The number of hydrogen-bond acceptors (Lipinski definition) is 2. The van der Waals surface area contributed by atoms with Gasteiger partial charge in [-0.15, -0.1) is 0 Å². The van der Waals surface area contributed by atoms with Crippen LogP contribution >= 0.6 is 0 Å². The van der Waals surface area contributed by atoms with Crippen molar-refractivity contribution >= 4 is 0 Å². The maximum atomic E-state index is 5.50. The van der Waals surface area contributed by atoms with E-state index in [1.165, 1.54) is 103 Å². The molecular formula is C21H46N2. The third-order valence-corrected chi connectivity index (χ3v) is 4.88. The predicted molar refractivity (Wildman–Crippen MR) is 106 cm³/mol. The van der Waals surface area contributed by atoms with Gasteiger partial charge in [0, 0.05) is 19.1 Å². The van der Waals surface area contributed by atoms with Crippen LogP contribution in [0.5, 0.6) is 0 Å². The Labute approximate surface area is 147 Å². The van der Waals surface area contributed by atoms with Gasteiger partial charge >= 0.3 is 0 Å². The van der Waals surface area contributed by atoms with Crippen LogP contribution in [-0.4, -0.2) is 19.1 Å². The van der Waals surface area contributed by atoms with Crippen LogP contribution in [0.25, 0.3) is 0 Å². The molecule has 0 saturated carbocycles. The van der Waals surface area contributed by atoms with Crippen molar-refractivity contribution < 1.29 is 0 Å². The Morgan fingerprint density at radius 2 is 1.04 bits per heavy atom. The molecule has 0 heterocycles. The lowest BCUT2D eigenvalue weighted by atomic mass is 10.0. The topological polar surface area (TPSA) is 38.0 Å². The van der Waals surface area contributed by atoms with Crippen LogP contribution < -0.4 is 11.1 Å². The molecule has 2 nitrogen and oxygen atoms in total. The molecule has 0 radical (unpaired) electrons. The highest BCUT2D eigenvalue weighted by atomic mass is 14.9. The number of hydrogen-bond donors (Lipinski definition) is 2. The smallest absolute Gasteiger partial charge is 0.00769 e. The zero-order valence-electron chi connectivity index (χ0n) is 16.4. The number of nitrogens with one attached hydrogen (secondary N) is 1. The summed E-state index contributed by atoms with van der Waals surface area (Å²) in [7, 11) is 0. The molecule has 0 spiro atoms. The minimum Gasteiger partial charge on any atom is -0.329 e. The molecule has 1 atom stereocenters. The van der Waals surface area contributed by atoms with Crippen molar-refractivity contribution in [3.05, 3.63) is 0 Å². The molecule has 3 N–H and O–H groups in total. The van der Waals surface area contributed by atoms with Crippen LogP contribution in [0.15, 0.2) is 0 Å². The molecule has 0 bridgehead atoms. The van der Waals surface area contributed by atoms with Crippen LogP contribution in [0.3, 0.4) is 0 Å². The van der Waals surface area contributed by atoms with Gasteiger partial charge in [-0.2, -0.15) is 0 Å². The molecule has 0 aliphatic heterocycles. The van der Waals surface area contributed by atoms with Crippen molar-refractivity contribution in [2.75, 3.05) is 13.1 Å². The van der Waals surface area contributed by atoms with Gasteiger partial charge in [-0.3, -0.25) is 0 Å². The van der Waals surface area contributed by atoms with Crippen molar-refractivity contribution in [2.24, 2.45) is 5.73 Å². The normalized spacial score (nSPS) is 12.7. The summed E-state index contributed by atoms with van der Waals surface area (Å²) in [6.07, 6.45) is 23.0. The second-order valence-electron chi connectivity index (χ2n) is 7.38. The quantitative estimate of drug-likeness (QED) is 0.278. The molecule has 0 fully saturated rings. The van der Waals surface area contributed by atoms with Crippen LogP contribution in [0, 0.1) is 0 Å². The third-order valence-electron chi connectivity index (χ3n) is 4.88. The lowest BCUT2D eigenvalue weighted by molar-refractivity contribution is 0.479. The maximum Gasteiger partial charge on any atom is 0.00769 e. The average Bonchev–Trinajstić information content (AvgIpc) is 2.56. The maximum absolute atomic E-state index is 5.50. The molecule has 0 saturated heterocycles. The largest absolute Gasteiger partial charge is 0.329 e. The highest BCUT2D eigenvalue weighted by molar-refractivity contribution is 4.60. The van der Waals surface area contributed by atoms with Crippen LogP contribution in [-0.2, 0) is 0 Å². The second-order valence-corrected chi connectivity index (χ2v) is 7.38. The fraction of sp³-hybridized carbons (Fsp3) is 1.00. The number of unbranched alkanes of at least 4 members (excludes halogenated alkanes) is 14.